The number of carbonyl (C=O) groups is 2. The van der Waals surface area contributed by atoms with E-state index in [-0.39, 0.29) is 24.6 Å². The van der Waals surface area contributed by atoms with Gasteiger partial charge in [-0.3, -0.25) is 9.59 Å². The zero-order valence-electron chi connectivity index (χ0n) is 17.0. The van der Waals surface area contributed by atoms with Crippen LogP contribution in [0.2, 0.25) is 0 Å². The van der Waals surface area contributed by atoms with Crippen LogP contribution in [0.15, 0.2) is 36.4 Å². The second kappa shape index (κ2) is 8.52. The highest BCUT2D eigenvalue weighted by atomic mass is 16.7. The molecule has 8 heteroatoms. The molecule has 1 saturated heterocycles. The molecule has 4 rings (SSSR count). The molecule has 0 atom stereocenters. The Balaban J connectivity index is 1.37. The zero-order valence-corrected chi connectivity index (χ0v) is 17.0. The maximum atomic E-state index is 12.8. The number of nitrogens with zero attached hydrogens (tertiary/aromatic N) is 1. The number of fused-ring (bicyclic) bond motifs is 1. The van der Waals surface area contributed by atoms with Gasteiger partial charge in [0.1, 0.15) is 17.1 Å². The summed E-state index contributed by atoms with van der Waals surface area (Å²) in [5, 5.41) is 3.04. The topological polar surface area (TPSA) is 86.3 Å². The van der Waals surface area contributed by atoms with E-state index in [1.165, 1.54) is 14.2 Å². The van der Waals surface area contributed by atoms with Gasteiger partial charge in [0.25, 0.3) is 11.8 Å². The van der Waals surface area contributed by atoms with Crippen LogP contribution in [0.5, 0.6) is 23.0 Å². The van der Waals surface area contributed by atoms with E-state index in [2.05, 4.69) is 5.32 Å². The summed E-state index contributed by atoms with van der Waals surface area (Å²) in [6.07, 6.45) is 1.33. The van der Waals surface area contributed by atoms with Gasteiger partial charge in [0.15, 0.2) is 11.5 Å². The predicted octanol–water partition coefficient (Wildman–Crippen LogP) is 2.47. The lowest BCUT2D eigenvalue weighted by Crippen LogP contribution is -2.46. The van der Waals surface area contributed by atoms with E-state index in [0.29, 0.717) is 60.1 Å². The van der Waals surface area contributed by atoms with Crippen LogP contribution in [0, 0.1) is 0 Å². The zero-order chi connectivity index (χ0) is 21.1. The minimum atomic E-state index is -0.246. The molecular weight excluding hydrogens is 388 g/mol. The number of methoxy groups -OCH3 is 2. The van der Waals surface area contributed by atoms with Crippen molar-refractivity contribution >= 4 is 11.8 Å². The number of likely N-dealkylation sites (tertiary alicyclic amines) is 1. The molecule has 2 aromatic rings. The molecule has 0 aromatic heterocycles. The van der Waals surface area contributed by atoms with Crippen LogP contribution in [0.25, 0.3) is 0 Å². The highest BCUT2D eigenvalue weighted by Crippen LogP contribution is 2.33. The maximum Gasteiger partial charge on any atom is 0.259 e. The summed E-state index contributed by atoms with van der Waals surface area (Å²) in [5.41, 5.74) is 0.946. The van der Waals surface area contributed by atoms with Crippen molar-refractivity contribution in [2.45, 2.75) is 18.9 Å². The van der Waals surface area contributed by atoms with Gasteiger partial charge < -0.3 is 29.2 Å². The molecule has 2 aromatic carbocycles. The van der Waals surface area contributed by atoms with Crippen molar-refractivity contribution in [2.24, 2.45) is 0 Å². The summed E-state index contributed by atoms with van der Waals surface area (Å²) in [6.45, 7) is 1.29. The van der Waals surface area contributed by atoms with Crippen molar-refractivity contribution in [1.82, 2.24) is 10.2 Å². The fraction of sp³-hybridized carbons (Fsp3) is 0.364. The fourth-order valence-corrected chi connectivity index (χ4v) is 3.77. The van der Waals surface area contributed by atoms with Gasteiger partial charge in [0.2, 0.25) is 6.79 Å². The normalized spacial score (nSPS) is 15.6. The van der Waals surface area contributed by atoms with Crippen LogP contribution in [-0.4, -0.2) is 56.9 Å². The van der Waals surface area contributed by atoms with Crippen LogP contribution in [0.3, 0.4) is 0 Å². The van der Waals surface area contributed by atoms with Gasteiger partial charge in [-0.2, -0.15) is 0 Å². The first-order valence-electron chi connectivity index (χ1n) is 9.81. The van der Waals surface area contributed by atoms with Gasteiger partial charge in [-0.15, -0.1) is 0 Å². The molecule has 2 amide bonds. The molecule has 2 aliphatic heterocycles. The smallest absolute Gasteiger partial charge is 0.259 e. The predicted molar refractivity (Wildman–Crippen MR) is 109 cm³/mol. The molecule has 0 aliphatic carbocycles. The molecule has 2 aliphatic rings. The molecule has 30 heavy (non-hydrogen) atoms. The molecule has 1 N–H and O–H groups in total. The lowest BCUT2D eigenvalue weighted by atomic mass is 10.0. The lowest BCUT2D eigenvalue weighted by Gasteiger charge is -2.32. The number of carbonyl (C=O) groups excluding carboxylic acids is 2. The standard InChI is InChI=1S/C22H24N2O6/c1-27-17-4-3-5-18(28-2)20(17)21(25)23-15-8-10-24(11-9-15)22(26)14-6-7-16-19(12-14)30-13-29-16/h3-7,12,15H,8-11,13H2,1-2H3,(H,23,25). The number of rotatable bonds is 5. The first-order valence-corrected chi connectivity index (χ1v) is 9.81. The highest BCUT2D eigenvalue weighted by molar-refractivity contribution is 6.00. The van der Waals surface area contributed by atoms with Crippen molar-refractivity contribution in [3.8, 4) is 23.0 Å². The van der Waals surface area contributed by atoms with Gasteiger partial charge in [0, 0.05) is 24.7 Å². The fourth-order valence-electron chi connectivity index (χ4n) is 3.77. The molecular formula is C22H24N2O6. The highest BCUT2D eigenvalue weighted by Gasteiger charge is 2.27. The number of hydrogen-bond acceptors (Lipinski definition) is 6. The average molecular weight is 412 g/mol. The van der Waals surface area contributed by atoms with E-state index in [9.17, 15) is 9.59 Å². The third-order valence-electron chi connectivity index (χ3n) is 5.39. The van der Waals surface area contributed by atoms with Crippen LogP contribution in [0.4, 0.5) is 0 Å². The van der Waals surface area contributed by atoms with Gasteiger partial charge in [0.05, 0.1) is 14.2 Å². The van der Waals surface area contributed by atoms with Crippen molar-refractivity contribution in [2.75, 3.05) is 34.1 Å². The van der Waals surface area contributed by atoms with Gasteiger partial charge >= 0.3 is 0 Å². The maximum absolute atomic E-state index is 12.8. The van der Waals surface area contributed by atoms with Crippen LogP contribution >= 0.6 is 0 Å². The second-order valence-electron chi connectivity index (χ2n) is 7.15. The molecule has 8 nitrogen and oxygen atoms in total. The summed E-state index contributed by atoms with van der Waals surface area (Å²) >= 11 is 0. The largest absolute Gasteiger partial charge is 0.496 e. The summed E-state index contributed by atoms with van der Waals surface area (Å²) in [6, 6.07) is 10.4. The van der Waals surface area contributed by atoms with Crippen molar-refractivity contribution in [3.63, 3.8) is 0 Å². The Hall–Kier alpha value is -3.42. The number of benzene rings is 2. The lowest BCUT2D eigenvalue weighted by molar-refractivity contribution is 0.0697. The van der Waals surface area contributed by atoms with E-state index >= 15 is 0 Å². The Morgan fingerprint density at radius 1 is 1.00 bits per heavy atom. The monoisotopic (exact) mass is 412 g/mol. The summed E-state index contributed by atoms with van der Waals surface area (Å²) in [4.78, 5) is 27.5. The summed E-state index contributed by atoms with van der Waals surface area (Å²) in [7, 11) is 3.04. The SMILES string of the molecule is COc1cccc(OC)c1C(=O)NC1CCN(C(=O)c2ccc3c(c2)OCO3)CC1. The first-order chi connectivity index (χ1) is 14.6. The van der Waals surface area contributed by atoms with E-state index in [4.69, 9.17) is 18.9 Å². The number of amides is 2. The molecule has 0 radical (unpaired) electrons. The number of piperidine rings is 1. The molecule has 2 heterocycles. The molecule has 0 unspecified atom stereocenters. The van der Waals surface area contributed by atoms with Gasteiger partial charge in [-0.05, 0) is 43.2 Å². The minimum Gasteiger partial charge on any atom is -0.496 e. The third kappa shape index (κ3) is 3.85. The van der Waals surface area contributed by atoms with Crippen molar-refractivity contribution in [3.05, 3.63) is 47.5 Å². The third-order valence-corrected chi connectivity index (χ3v) is 5.39. The van der Waals surface area contributed by atoms with E-state index in [0.717, 1.165) is 0 Å². The van der Waals surface area contributed by atoms with Crippen LogP contribution < -0.4 is 24.3 Å². The number of nitrogens with one attached hydrogen (secondary N) is 1. The molecule has 0 spiro atoms. The molecule has 0 bridgehead atoms. The van der Waals surface area contributed by atoms with Crippen molar-refractivity contribution in [1.29, 1.82) is 0 Å². The molecule has 1 fully saturated rings. The van der Waals surface area contributed by atoms with Gasteiger partial charge in [-0.1, -0.05) is 6.07 Å². The van der Waals surface area contributed by atoms with Crippen LogP contribution in [0.1, 0.15) is 33.6 Å². The van der Waals surface area contributed by atoms with Crippen LogP contribution in [-0.2, 0) is 0 Å². The minimum absolute atomic E-state index is 0.0343. The second-order valence-corrected chi connectivity index (χ2v) is 7.15. The summed E-state index contributed by atoms with van der Waals surface area (Å²) in [5.74, 6) is 1.87. The van der Waals surface area contributed by atoms with E-state index in [1.54, 1.807) is 41.3 Å². The molecule has 0 saturated carbocycles. The first kappa shape index (κ1) is 19.9. The van der Waals surface area contributed by atoms with E-state index < -0.39 is 0 Å². The Morgan fingerprint density at radius 2 is 1.67 bits per heavy atom. The quantitative estimate of drug-likeness (QED) is 0.812. The van der Waals surface area contributed by atoms with E-state index in [1.807, 2.05) is 0 Å². The Morgan fingerprint density at radius 3 is 2.33 bits per heavy atom. The molecule has 158 valence electrons. The number of ether oxygens (including phenoxy) is 4. The van der Waals surface area contributed by atoms with Crippen molar-refractivity contribution < 1.29 is 28.5 Å². The Bertz CT molecular complexity index is 930. The Labute approximate surface area is 174 Å². The Kier molecular flexibility index (Phi) is 5.65. The number of hydrogen-bond donors (Lipinski definition) is 1. The van der Waals surface area contributed by atoms with Gasteiger partial charge in [-0.25, -0.2) is 0 Å². The average Bonchev–Trinajstić information content (AvgIpc) is 3.26. The summed E-state index contributed by atoms with van der Waals surface area (Å²) < 4.78 is 21.3.